The maximum absolute atomic E-state index is 4.94. The molecule has 33 heavy (non-hydrogen) atoms. The molecule has 168 valence electrons. The molecule has 0 saturated carbocycles. The molecule has 5 aromatic rings. The van der Waals surface area contributed by atoms with Gasteiger partial charge >= 0.3 is 0 Å². The number of benzene rings is 3. The minimum atomic E-state index is -1.39. The molecule has 0 atom stereocenters. The Balaban J connectivity index is 1.83. The van der Waals surface area contributed by atoms with Gasteiger partial charge in [-0.1, -0.05) is 81.5 Å². The summed E-state index contributed by atoms with van der Waals surface area (Å²) in [5, 5.41) is 6.90. The number of aromatic nitrogens is 1. The summed E-state index contributed by atoms with van der Waals surface area (Å²) in [5.41, 5.74) is 6.53. The predicted molar refractivity (Wildman–Crippen MR) is 151 cm³/mol. The molecular weight excluding hydrogens is 434 g/mol. The van der Waals surface area contributed by atoms with Crippen molar-refractivity contribution in [1.29, 1.82) is 0 Å². The Hall–Kier alpha value is -2.49. The van der Waals surface area contributed by atoms with Crippen molar-refractivity contribution in [2.45, 2.75) is 59.7 Å². The lowest BCUT2D eigenvalue weighted by Crippen LogP contribution is -2.39. The summed E-state index contributed by atoms with van der Waals surface area (Å²) in [5.74, 6) is 0. The fourth-order valence-corrected chi connectivity index (χ4v) is 8.38. The quantitative estimate of drug-likeness (QED) is 0.236. The summed E-state index contributed by atoms with van der Waals surface area (Å²) < 4.78 is 2.72. The summed E-state index contributed by atoms with van der Waals surface area (Å²) in [6, 6.07) is 18.4. The van der Waals surface area contributed by atoms with Crippen LogP contribution in [0.2, 0.25) is 19.6 Å². The van der Waals surface area contributed by atoms with Gasteiger partial charge in [-0.25, -0.2) is 0 Å². The number of aryl methyl sites for hydroxylation is 2. The van der Waals surface area contributed by atoms with Gasteiger partial charge in [-0.05, 0) is 59.4 Å². The average Bonchev–Trinajstić information content (AvgIpc) is 3.11. The van der Waals surface area contributed by atoms with Gasteiger partial charge < -0.3 is 0 Å². The molecule has 0 radical (unpaired) electrons. The third-order valence-corrected chi connectivity index (χ3v) is 10.3. The Morgan fingerprint density at radius 2 is 1.52 bits per heavy atom. The largest absolute Gasteiger partial charge is 0.255 e. The van der Waals surface area contributed by atoms with Crippen LogP contribution in [0.4, 0.5) is 0 Å². The first-order valence-electron chi connectivity index (χ1n) is 11.8. The molecule has 0 bridgehead atoms. The maximum Gasteiger partial charge on any atom is 0.0880 e. The van der Waals surface area contributed by atoms with Crippen molar-refractivity contribution >= 4 is 55.5 Å². The van der Waals surface area contributed by atoms with Gasteiger partial charge in [0, 0.05) is 27.2 Å². The van der Waals surface area contributed by atoms with E-state index in [4.69, 9.17) is 4.98 Å². The third-order valence-electron chi connectivity index (χ3n) is 6.80. The Bertz CT molecular complexity index is 1540. The molecule has 0 spiro atoms. The lowest BCUT2D eigenvalue weighted by Gasteiger charge is -2.23. The summed E-state index contributed by atoms with van der Waals surface area (Å²) in [7, 11) is -1.39. The van der Waals surface area contributed by atoms with Crippen LogP contribution in [-0.4, -0.2) is 13.1 Å². The number of nitrogens with zero attached hydrogens (tertiary/aromatic N) is 1. The van der Waals surface area contributed by atoms with Crippen LogP contribution in [-0.2, 0) is 5.41 Å². The Kier molecular flexibility index (Phi) is 5.08. The van der Waals surface area contributed by atoms with E-state index in [9.17, 15) is 0 Å². The van der Waals surface area contributed by atoms with E-state index >= 15 is 0 Å². The lowest BCUT2D eigenvalue weighted by molar-refractivity contribution is 0.596. The van der Waals surface area contributed by atoms with E-state index < -0.39 is 8.07 Å². The van der Waals surface area contributed by atoms with E-state index in [1.54, 1.807) is 5.19 Å². The fraction of sp³-hybridized carbons (Fsp3) is 0.300. The van der Waals surface area contributed by atoms with Crippen molar-refractivity contribution in [3.8, 4) is 11.3 Å². The summed E-state index contributed by atoms with van der Waals surface area (Å²) >= 11 is 1.92. The zero-order valence-electron chi connectivity index (χ0n) is 21.1. The van der Waals surface area contributed by atoms with E-state index in [2.05, 4.69) is 103 Å². The zero-order chi connectivity index (χ0) is 23.7. The van der Waals surface area contributed by atoms with Crippen LogP contribution >= 0.6 is 11.3 Å². The number of fused-ring (bicyclic) bond motifs is 4. The molecule has 0 fully saturated rings. The number of pyridine rings is 1. The van der Waals surface area contributed by atoms with Crippen LogP contribution in [0.1, 0.15) is 37.5 Å². The van der Waals surface area contributed by atoms with Crippen molar-refractivity contribution in [3.63, 3.8) is 0 Å². The van der Waals surface area contributed by atoms with Crippen LogP contribution < -0.4 is 5.19 Å². The molecule has 3 heteroatoms. The van der Waals surface area contributed by atoms with E-state index in [1.165, 1.54) is 53.2 Å². The van der Waals surface area contributed by atoms with Crippen molar-refractivity contribution in [2.75, 3.05) is 0 Å². The molecule has 0 amide bonds. The van der Waals surface area contributed by atoms with Crippen LogP contribution in [0.15, 0.2) is 54.7 Å². The highest BCUT2D eigenvalue weighted by atomic mass is 32.1. The molecule has 0 aliphatic heterocycles. The number of thiophene rings is 1. The monoisotopic (exact) mass is 467 g/mol. The molecule has 0 aliphatic rings. The summed E-state index contributed by atoms with van der Waals surface area (Å²) in [4.78, 5) is 4.94. The Morgan fingerprint density at radius 1 is 0.788 bits per heavy atom. The molecule has 3 aromatic carbocycles. The third kappa shape index (κ3) is 3.72. The topological polar surface area (TPSA) is 12.9 Å². The second-order valence-corrected chi connectivity index (χ2v) is 17.6. The van der Waals surface area contributed by atoms with Crippen LogP contribution in [0.5, 0.6) is 0 Å². The van der Waals surface area contributed by atoms with E-state index in [0.29, 0.717) is 0 Å². The predicted octanol–water partition coefficient (Wildman–Crippen LogP) is 8.73. The van der Waals surface area contributed by atoms with Crippen LogP contribution in [0.25, 0.3) is 42.2 Å². The standard InChI is InChI=1S/C30H33NSSi/c1-18-9-10-20-16-21(17-25(24(20)15-18)30(3,4)5)27-29-23(13-14-31-27)22-11-12-26(33(6,7)8)19(2)28(22)32-29/h9-17H,1-8H3. The Morgan fingerprint density at radius 3 is 2.21 bits per heavy atom. The molecule has 1 nitrogen and oxygen atoms in total. The van der Waals surface area contributed by atoms with Crippen LogP contribution in [0, 0.1) is 13.8 Å². The second-order valence-electron chi connectivity index (χ2n) is 11.5. The highest BCUT2D eigenvalue weighted by Crippen LogP contribution is 2.42. The first kappa shape index (κ1) is 22.3. The smallest absolute Gasteiger partial charge is 0.0880 e. The second kappa shape index (κ2) is 7.51. The SMILES string of the molecule is Cc1ccc2cc(-c3nccc4c3sc3c(C)c([Si](C)(C)C)ccc34)cc(C(C)(C)C)c2c1. The van der Waals surface area contributed by atoms with Crippen molar-refractivity contribution in [3.05, 3.63) is 71.4 Å². The van der Waals surface area contributed by atoms with Gasteiger partial charge in [0.2, 0.25) is 0 Å². The Labute approximate surface area is 202 Å². The van der Waals surface area contributed by atoms with E-state index in [0.717, 1.165) is 5.69 Å². The molecule has 0 saturated heterocycles. The fourth-order valence-electron chi connectivity index (χ4n) is 5.15. The van der Waals surface area contributed by atoms with Gasteiger partial charge in [0.15, 0.2) is 0 Å². The number of hydrogen-bond acceptors (Lipinski definition) is 2. The van der Waals surface area contributed by atoms with E-state index in [-0.39, 0.29) is 5.41 Å². The van der Waals surface area contributed by atoms with Gasteiger partial charge in [0.25, 0.3) is 0 Å². The summed E-state index contributed by atoms with van der Waals surface area (Å²) in [6.45, 7) is 18.7. The molecule has 0 aliphatic carbocycles. The normalized spacial score (nSPS) is 12.8. The molecule has 5 rings (SSSR count). The molecule has 0 N–H and O–H groups in total. The minimum Gasteiger partial charge on any atom is -0.255 e. The average molecular weight is 468 g/mol. The van der Waals surface area contributed by atoms with Gasteiger partial charge in [-0.15, -0.1) is 11.3 Å². The highest BCUT2D eigenvalue weighted by Gasteiger charge is 2.23. The lowest BCUT2D eigenvalue weighted by atomic mass is 9.82. The number of hydrogen-bond donors (Lipinski definition) is 0. The maximum atomic E-state index is 4.94. The minimum absolute atomic E-state index is 0.0545. The first-order chi connectivity index (χ1) is 15.4. The van der Waals surface area contributed by atoms with Crippen molar-refractivity contribution in [1.82, 2.24) is 4.98 Å². The van der Waals surface area contributed by atoms with Gasteiger partial charge in [0.05, 0.1) is 18.5 Å². The molecule has 2 heterocycles. The molecular formula is C30H33NSSi. The first-order valence-corrected chi connectivity index (χ1v) is 16.1. The van der Waals surface area contributed by atoms with Crippen molar-refractivity contribution < 1.29 is 0 Å². The van der Waals surface area contributed by atoms with Gasteiger partial charge in [-0.3, -0.25) is 4.98 Å². The van der Waals surface area contributed by atoms with Gasteiger partial charge in [-0.2, -0.15) is 0 Å². The van der Waals surface area contributed by atoms with Crippen LogP contribution in [0.3, 0.4) is 0 Å². The summed E-state index contributed by atoms with van der Waals surface area (Å²) in [6.07, 6.45) is 1.99. The van der Waals surface area contributed by atoms with E-state index in [1.807, 2.05) is 17.5 Å². The molecule has 2 aromatic heterocycles. The van der Waals surface area contributed by atoms with Crippen molar-refractivity contribution in [2.24, 2.45) is 0 Å². The highest BCUT2D eigenvalue weighted by molar-refractivity contribution is 7.26. The van der Waals surface area contributed by atoms with Gasteiger partial charge in [0.1, 0.15) is 0 Å². The zero-order valence-corrected chi connectivity index (χ0v) is 22.9. The number of rotatable bonds is 2. The molecule has 0 unspecified atom stereocenters.